The number of carbonyl (C=O) groups is 1. The van der Waals surface area contributed by atoms with Gasteiger partial charge in [0.1, 0.15) is 6.10 Å². The van der Waals surface area contributed by atoms with E-state index in [4.69, 9.17) is 4.74 Å². The molecule has 0 amide bonds. The van der Waals surface area contributed by atoms with Crippen LogP contribution in [0.3, 0.4) is 0 Å². The van der Waals surface area contributed by atoms with Gasteiger partial charge < -0.3 is 4.74 Å². The zero-order valence-electron chi connectivity index (χ0n) is 15.9. The second kappa shape index (κ2) is 7.72. The van der Waals surface area contributed by atoms with Gasteiger partial charge in [-0.2, -0.15) is 0 Å². The van der Waals surface area contributed by atoms with Gasteiger partial charge in [0, 0.05) is 6.54 Å². The van der Waals surface area contributed by atoms with Crippen molar-refractivity contribution in [1.82, 2.24) is 4.90 Å². The van der Waals surface area contributed by atoms with Gasteiger partial charge in [0.05, 0.1) is 5.41 Å². The van der Waals surface area contributed by atoms with Gasteiger partial charge >= 0.3 is 5.97 Å². The minimum absolute atomic E-state index is 0.0442. The fourth-order valence-electron chi connectivity index (χ4n) is 5.29. The van der Waals surface area contributed by atoms with Gasteiger partial charge in [-0.3, -0.25) is 9.69 Å². The van der Waals surface area contributed by atoms with Crippen LogP contribution >= 0.6 is 0 Å². The molecule has 0 unspecified atom stereocenters. The Morgan fingerprint density at radius 2 is 1.96 bits per heavy atom. The van der Waals surface area contributed by atoms with Crippen molar-refractivity contribution >= 4 is 5.97 Å². The van der Waals surface area contributed by atoms with E-state index in [2.05, 4.69) is 36.1 Å². The maximum atomic E-state index is 13.5. The summed E-state index contributed by atoms with van der Waals surface area (Å²) in [5.41, 5.74) is 2.04. The highest BCUT2D eigenvalue weighted by Gasteiger charge is 2.45. The Morgan fingerprint density at radius 3 is 2.62 bits per heavy atom. The molecule has 2 bridgehead atoms. The van der Waals surface area contributed by atoms with Gasteiger partial charge in [-0.15, -0.1) is 0 Å². The first-order valence-electron chi connectivity index (χ1n) is 10.5. The fourth-order valence-corrected chi connectivity index (χ4v) is 5.29. The molecule has 141 valence electrons. The molecule has 1 radical (unpaired) electrons. The molecule has 1 aromatic rings. The molecule has 4 aliphatic rings. The predicted molar refractivity (Wildman–Crippen MR) is 104 cm³/mol. The molecule has 26 heavy (non-hydrogen) atoms. The molecule has 3 heterocycles. The molecule has 3 nitrogen and oxygen atoms in total. The van der Waals surface area contributed by atoms with Crippen molar-refractivity contribution in [2.24, 2.45) is 5.92 Å². The number of fused-ring (bicyclic) bond motifs is 3. The topological polar surface area (TPSA) is 29.5 Å². The van der Waals surface area contributed by atoms with Gasteiger partial charge in [0.15, 0.2) is 0 Å². The standard InChI is InChI=1S/C23H32NO2/c1-2-7-18-8-6-9-20(16-18)23(12-4-3-5-13-23)22(25)26-21-17-24-14-10-19(21)11-15-24/h6,8-9,16,19,21H,1-5,7,10-15,17H2/t21-/m0/s1. The van der Waals surface area contributed by atoms with E-state index in [1.807, 2.05) is 0 Å². The van der Waals surface area contributed by atoms with Crippen LogP contribution in [-0.4, -0.2) is 36.6 Å². The summed E-state index contributed by atoms with van der Waals surface area (Å²) >= 11 is 0. The number of piperidine rings is 3. The number of hydrogen-bond donors (Lipinski definition) is 0. The highest BCUT2D eigenvalue weighted by atomic mass is 16.5. The van der Waals surface area contributed by atoms with Crippen molar-refractivity contribution in [1.29, 1.82) is 0 Å². The van der Waals surface area contributed by atoms with Crippen LogP contribution in [0.25, 0.3) is 0 Å². The monoisotopic (exact) mass is 354 g/mol. The minimum Gasteiger partial charge on any atom is -0.460 e. The first-order valence-corrected chi connectivity index (χ1v) is 10.5. The largest absolute Gasteiger partial charge is 0.460 e. The summed E-state index contributed by atoms with van der Waals surface area (Å²) in [6.45, 7) is 7.27. The zero-order chi connectivity index (χ0) is 18.0. The Labute approximate surface area is 158 Å². The second-order valence-corrected chi connectivity index (χ2v) is 8.53. The molecule has 3 saturated heterocycles. The first kappa shape index (κ1) is 18.0. The van der Waals surface area contributed by atoms with Crippen LogP contribution in [0, 0.1) is 12.8 Å². The van der Waals surface area contributed by atoms with E-state index in [0.717, 1.165) is 45.1 Å². The molecule has 1 saturated carbocycles. The summed E-state index contributed by atoms with van der Waals surface area (Å²) in [4.78, 5) is 15.9. The van der Waals surface area contributed by atoms with Crippen LogP contribution in [0.15, 0.2) is 24.3 Å². The third-order valence-corrected chi connectivity index (χ3v) is 6.90. The molecular weight excluding hydrogens is 322 g/mol. The Kier molecular flexibility index (Phi) is 5.35. The third kappa shape index (κ3) is 3.43. The van der Waals surface area contributed by atoms with Gasteiger partial charge in [-0.25, -0.2) is 0 Å². The Hall–Kier alpha value is -1.35. The lowest BCUT2D eigenvalue weighted by Crippen LogP contribution is -2.53. The van der Waals surface area contributed by atoms with Crippen molar-refractivity contribution < 1.29 is 9.53 Å². The molecule has 0 spiro atoms. The van der Waals surface area contributed by atoms with E-state index >= 15 is 0 Å². The minimum atomic E-state index is -0.429. The molecule has 3 heteroatoms. The lowest BCUT2D eigenvalue weighted by Gasteiger charge is -2.45. The summed E-state index contributed by atoms with van der Waals surface area (Å²) in [6.07, 6.45) is 9.66. The van der Waals surface area contributed by atoms with Crippen LogP contribution < -0.4 is 0 Å². The highest BCUT2D eigenvalue weighted by molar-refractivity contribution is 5.83. The number of nitrogens with zero attached hydrogens (tertiary/aromatic N) is 1. The Bertz CT molecular complexity index is 627. The second-order valence-electron chi connectivity index (χ2n) is 8.53. The maximum Gasteiger partial charge on any atom is 0.316 e. The molecule has 1 aliphatic carbocycles. The molecule has 1 atom stereocenters. The third-order valence-electron chi connectivity index (χ3n) is 6.90. The van der Waals surface area contributed by atoms with Crippen molar-refractivity contribution in [2.75, 3.05) is 19.6 Å². The number of carbonyl (C=O) groups excluding carboxylic acids is 1. The summed E-state index contributed by atoms with van der Waals surface area (Å²) in [6, 6.07) is 8.66. The van der Waals surface area contributed by atoms with Crippen molar-refractivity contribution in [2.45, 2.75) is 69.3 Å². The summed E-state index contributed by atoms with van der Waals surface area (Å²) in [5.74, 6) is 0.616. The SMILES string of the molecule is [CH2]CCc1cccc(C2(C(=O)O[C@H]3CN4CCC3CC4)CCCCC2)c1. The van der Waals surface area contributed by atoms with Crippen molar-refractivity contribution in [3.8, 4) is 0 Å². The number of hydrogen-bond acceptors (Lipinski definition) is 3. The van der Waals surface area contributed by atoms with E-state index in [9.17, 15) is 4.79 Å². The van der Waals surface area contributed by atoms with Crippen molar-refractivity contribution in [3.05, 3.63) is 42.3 Å². The smallest absolute Gasteiger partial charge is 0.316 e. The van der Waals surface area contributed by atoms with Crippen LogP contribution in [-0.2, 0) is 21.4 Å². The van der Waals surface area contributed by atoms with Gasteiger partial charge in [0.2, 0.25) is 0 Å². The molecule has 3 aliphatic heterocycles. The van der Waals surface area contributed by atoms with Crippen LogP contribution in [0.5, 0.6) is 0 Å². The molecule has 1 aromatic carbocycles. The molecule has 4 fully saturated rings. The molecule has 5 rings (SSSR count). The van der Waals surface area contributed by atoms with Gasteiger partial charge in [0.25, 0.3) is 0 Å². The molecular formula is C23H32NO2. The maximum absolute atomic E-state index is 13.5. The van der Waals surface area contributed by atoms with Gasteiger partial charge in [-0.05, 0) is 68.7 Å². The number of aryl methyl sites for hydroxylation is 1. The summed E-state index contributed by atoms with van der Waals surface area (Å²) in [7, 11) is 0. The van der Waals surface area contributed by atoms with Crippen LogP contribution in [0.2, 0.25) is 0 Å². The zero-order valence-corrected chi connectivity index (χ0v) is 15.9. The summed E-state index contributed by atoms with van der Waals surface area (Å²) < 4.78 is 6.23. The normalized spacial score (nSPS) is 30.1. The number of benzene rings is 1. The predicted octanol–water partition coefficient (Wildman–Crippen LogP) is 4.29. The quantitative estimate of drug-likeness (QED) is 0.739. The average molecular weight is 355 g/mol. The Balaban J connectivity index is 1.57. The van der Waals surface area contributed by atoms with E-state index < -0.39 is 5.41 Å². The van der Waals surface area contributed by atoms with Crippen LogP contribution in [0.4, 0.5) is 0 Å². The number of rotatable bonds is 5. The van der Waals surface area contributed by atoms with Crippen molar-refractivity contribution in [3.63, 3.8) is 0 Å². The van der Waals surface area contributed by atoms with E-state index in [1.165, 1.54) is 43.5 Å². The highest BCUT2D eigenvalue weighted by Crippen LogP contribution is 2.42. The molecule has 0 N–H and O–H groups in total. The average Bonchev–Trinajstić information content (AvgIpc) is 2.70. The number of esters is 1. The molecule has 0 aromatic heterocycles. The van der Waals surface area contributed by atoms with Crippen LogP contribution in [0.1, 0.15) is 62.5 Å². The lowest BCUT2D eigenvalue weighted by atomic mass is 9.69. The number of ether oxygens (including phenoxy) is 1. The van der Waals surface area contributed by atoms with Gasteiger partial charge in [-0.1, -0.05) is 50.5 Å². The van der Waals surface area contributed by atoms with E-state index in [1.54, 1.807) is 0 Å². The van der Waals surface area contributed by atoms with E-state index in [0.29, 0.717) is 5.92 Å². The van der Waals surface area contributed by atoms with E-state index in [-0.39, 0.29) is 12.1 Å². The lowest BCUT2D eigenvalue weighted by molar-refractivity contribution is -0.167. The Morgan fingerprint density at radius 1 is 1.19 bits per heavy atom. The summed E-state index contributed by atoms with van der Waals surface area (Å²) in [5, 5.41) is 0. The first-order chi connectivity index (χ1) is 12.7. The fraction of sp³-hybridized carbons (Fsp3) is 0.652.